The van der Waals surface area contributed by atoms with Crippen LogP contribution in [0, 0.1) is 22.0 Å². The van der Waals surface area contributed by atoms with E-state index in [4.69, 9.17) is 0 Å². The van der Waals surface area contributed by atoms with Crippen LogP contribution < -0.4 is 10.6 Å². The van der Waals surface area contributed by atoms with E-state index >= 15 is 0 Å². The number of benzene rings is 1. The lowest BCUT2D eigenvalue weighted by atomic mass is 9.84. The second-order valence-corrected chi connectivity index (χ2v) is 6.25. The molecule has 1 atom stereocenters. The number of nitro groups is 1. The molecule has 1 amide bonds. The summed E-state index contributed by atoms with van der Waals surface area (Å²) < 4.78 is 0. The Morgan fingerprint density at radius 2 is 2.09 bits per heavy atom. The van der Waals surface area contributed by atoms with Gasteiger partial charge in [-0.2, -0.15) is 0 Å². The highest BCUT2D eigenvalue weighted by atomic mass is 16.6. The summed E-state index contributed by atoms with van der Waals surface area (Å²) in [6.45, 7) is 4.64. The van der Waals surface area contributed by atoms with Crippen molar-refractivity contribution in [1.29, 1.82) is 0 Å². The third kappa shape index (κ3) is 5.32. The highest BCUT2D eigenvalue weighted by molar-refractivity contribution is 5.76. The number of nitro benzene ring substituents is 1. The maximum atomic E-state index is 12.0. The molecule has 1 saturated heterocycles. The Bertz CT molecular complexity index is 542. The molecule has 0 aromatic heterocycles. The van der Waals surface area contributed by atoms with Gasteiger partial charge in [-0.3, -0.25) is 14.9 Å². The molecule has 1 aromatic rings. The third-order valence-electron chi connectivity index (χ3n) is 4.60. The standard InChI is InChI=1S/C17H25N3O3/c1-13(14-6-9-18-10-7-14)12-17(21)19-11-8-15-4-2-3-5-16(15)20(22)23/h2-5,13-14,18H,6-12H2,1H3,(H,19,21). The lowest BCUT2D eigenvalue weighted by Gasteiger charge is -2.27. The second kappa shape index (κ2) is 8.62. The second-order valence-electron chi connectivity index (χ2n) is 6.25. The van der Waals surface area contributed by atoms with Gasteiger partial charge >= 0.3 is 0 Å². The Morgan fingerprint density at radius 3 is 2.78 bits per heavy atom. The van der Waals surface area contributed by atoms with Crippen LogP contribution in [0.1, 0.15) is 31.7 Å². The van der Waals surface area contributed by atoms with E-state index in [1.54, 1.807) is 18.2 Å². The first-order valence-corrected chi connectivity index (χ1v) is 8.27. The fraction of sp³-hybridized carbons (Fsp3) is 0.588. The molecule has 0 aliphatic carbocycles. The van der Waals surface area contributed by atoms with Gasteiger partial charge < -0.3 is 10.6 Å². The average Bonchev–Trinajstić information content (AvgIpc) is 2.56. The summed E-state index contributed by atoms with van der Waals surface area (Å²) in [5.74, 6) is 1.02. The Balaban J connectivity index is 1.75. The van der Waals surface area contributed by atoms with Crippen LogP contribution in [0.3, 0.4) is 0 Å². The van der Waals surface area contributed by atoms with Crippen LogP contribution in [0.2, 0.25) is 0 Å². The normalized spacial score (nSPS) is 16.7. The van der Waals surface area contributed by atoms with Crippen LogP contribution in [0.5, 0.6) is 0 Å². The van der Waals surface area contributed by atoms with E-state index in [1.807, 2.05) is 0 Å². The van der Waals surface area contributed by atoms with Crippen molar-refractivity contribution < 1.29 is 9.72 Å². The van der Waals surface area contributed by atoms with Crippen LogP contribution in [0.15, 0.2) is 24.3 Å². The summed E-state index contributed by atoms with van der Waals surface area (Å²) in [6.07, 6.45) is 3.27. The van der Waals surface area contributed by atoms with Gasteiger partial charge in [-0.05, 0) is 44.2 Å². The van der Waals surface area contributed by atoms with E-state index in [9.17, 15) is 14.9 Å². The zero-order valence-corrected chi connectivity index (χ0v) is 13.6. The summed E-state index contributed by atoms with van der Waals surface area (Å²) in [7, 11) is 0. The summed E-state index contributed by atoms with van der Waals surface area (Å²) in [5, 5.41) is 17.2. The summed E-state index contributed by atoms with van der Waals surface area (Å²) in [6, 6.07) is 6.67. The fourth-order valence-corrected chi connectivity index (χ4v) is 3.18. The molecule has 1 unspecified atom stereocenters. The number of carbonyl (C=O) groups excluding carboxylic acids is 1. The number of hydrogen-bond acceptors (Lipinski definition) is 4. The molecule has 0 spiro atoms. The van der Waals surface area contributed by atoms with Crippen molar-refractivity contribution in [1.82, 2.24) is 10.6 Å². The van der Waals surface area contributed by atoms with Crippen molar-refractivity contribution in [2.24, 2.45) is 11.8 Å². The Morgan fingerprint density at radius 1 is 1.39 bits per heavy atom. The highest BCUT2D eigenvalue weighted by Crippen LogP contribution is 2.24. The van der Waals surface area contributed by atoms with Crippen molar-refractivity contribution in [2.45, 2.75) is 32.6 Å². The van der Waals surface area contributed by atoms with Crippen molar-refractivity contribution in [3.63, 3.8) is 0 Å². The molecule has 0 radical (unpaired) electrons. The van der Waals surface area contributed by atoms with E-state index < -0.39 is 0 Å². The summed E-state index contributed by atoms with van der Waals surface area (Å²) >= 11 is 0. The van der Waals surface area contributed by atoms with Gasteiger partial charge in [0.2, 0.25) is 5.91 Å². The van der Waals surface area contributed by atoms with Gasteiger partial charge in [0.1, 0.15) is 0 Å². The first-order chi connectivity index (χ1) is 11.1. The van der Waals surface area contributed by atoms with E-state index in [-0.39, 0.29) is 16.5 Å². The maximum Gasteiger partial charge on any atom is 0.272 e. The predicted octanol–water partition coefficient (Wildman–Crippen LogP) is 2.28. The molecule has 6 nitrogen and oxygen atoms in total. The maximum absolute atomic E-state index is 12.0. The number of nitrogens with zero attached hydrogens (tertiary/aromatic N) is 1. The Kier molecular flexibility index (Phi) is 6.52. The number of amides is 1. The molecule has 1 heterocycles. The number of rotatable bonds is 7. The van der Waals surface area contributed by atoms with E-state index in [0.29, 0.717) is 36.8 Å². The largest absolute Gasteiger partial charge is 0.356 e. The molecule has 1 aliphatic heterocycles. The summed E-state index contributed by atoms with van der Waals surface area (Å²) in [5.41, 5.74) is 0.772. The molecule has 1 fully saturated rings. The third-order valence-corrected chi connectivity index (χ3v) is 4.60. The molecule has 126 valence electrons. The Labute approximate surface area is 136 Å². The lowest BCUT2D eigenvalue weighted by molar-refractivity contribution is -0.385. The number of nitrogens with one attached hydrogen (secondary N) is 2. The fourth-order valence-electron chi connectivity index (χ4n) is 3.18. The minimum Gasteiger partial charge on any atom is -0.356 e. The van der Waals surface area contributed by atoms with Crippen molar-refractivity contribution in [2.75, 3.05) is 19.6 Å². The highest BCUT2D eigenvalue weighted by Gasteiger charge is 2.22. The van der Waals surface area contributed by atoms with Crippen LogP contribution in [-0.4, -0.2) is 30.5 Å². The zero-order valence-electron chi connectivity index (χ0n) is 13.6. The average molecular weight is 319 g/mol. The molecular formula is C17H25N3O3. The molecule has 6 heteroatoms. The number of piperidine rings is 1. The van der Waals surface area contributed by atoms with Crippen molar-refractivity contribution in [3.8, 4) is 0 Å². The van der Waals surface area contributed by atoms with Crippen molar-refractivity contribution in [3.05, 3.63) is 39.9 Å². The zero-order chi connectivity index (χ0) is 16.7. The van der Waals surface area contributed by atoms with Crippen LogP contribution in [0.25, 0.3) is 0 Å². The van der Waals surface area contributed by atoms with Gasteiger partial charge in [-0.25, -0.2) is 0 Å². The Hall–Kier alpha value is -1.95. The smallest absolute Gasteiger partial charge is 0.272 e. The molecule has 23 heavy (non-hydrogen) atoms. The molecular weight excluding hydrogens is 294 g/mol. The van der Waals surface area contributed by atoms with Gasteiger partial charge in [0, 0.05) is 24.6 Å². The minimum atomic E-state index is -0.379. The van der Waals surface area contributed by atoms with E-state index in [2.05, 4.69) is 17.6 Å². The molecule has 2 rings (SSSR count). The molecule has 1 aliphatic rings. The first kappa shape index (κ1) is 17.4. The molecule has 1 aromatic carbocycles. The van der Waals surface area contributed by atoms with Crippen LogP contribution >= 0.6 is 0 Å². The number of hydrogen-bond donors (Lipinski definition) is 2. The SMILES string of the molecule is CC(CC(=O)NCCc1ccccc1[N+](=O)[O-])C1CCNCC1. The van der Waals surface area contributed by atoms with Gasteiger partial charge in [-0.15, -0.1) is 0 Å². The van der Waals surface area contributed by atoms with Gasteiger partial charge in [0.05, 0.1) is 4.92 Å². The molecule has 0 saturated carbocycles. The van der Waals surface area contributed by atoms with E-state index in [0.717, 1.165) is 25.9 Å². The minimum absolute atomic E-state index is 0.0367. The topological polar surface area (TPSA) is 84.3 Å². The van der Waals surface area contributed by atoms with Gasteiger partial charge in [-0.1, -0.05) is 25.1 Å². The lowest BCUT2D eigenvalue weighted by Crippen LogP contribution is -2.34. The monoisotopic (exact) mass is 319 g/mol. The summed E-state index contributed by atoms with van der Waals surface area (Å²) in [4.78, 5) is 22.6. The predicted molar refractivity (Wildman–Crippen MR) is 89.2 cm³/mol. The van der Waals surface area contributed by atoms with Gasteiger partial charge in [0.25, 0.3) is 5.69 Å². The first-order valence-electron chi connectivity index (χ1n) is 8.27. The quantitative estimate of drug-likeness (QED) is 0.596. The van der Waals surface area contributed by atoms with E-state index in [1.165, 1.54) is 6.07 Å². The van der Waals surface area contributed by atoms with Crippen LogP contribution in [0.4, 0.5) is 5.69 Å². The number of carbonyl (C=O) groups is 1. The van der Waals surface area contributed by atoms with Crippen molar-refractivity contribution >= 4 is 11.6 Å². The molecule has 0 bridgehead atoms. The van der Waals surface area contributed by atoms with Crippen LogP contribution in [-0.2, 0) is 11.2 Å². The number of para-hydroxylation sites is 1. The van der Waals surface area contributed by atoms with Gasteiger partial charge in [0.15, 0.2) is 0 Å². The molecule has 2 N–H and O–H groups in total.